The summed E-state index contributed by atoms with van der Waals surface area (Å²) in [5.41, 5.74) is 2.48. The first-order chi connectivity index (χ1) is 12.2. The highest BCUT2D eigenvalue weighted by molar-refractivity contribution is 5.80. The Kier molecular flexibility index (Phi) is 4.01. The number of hydrogen-bond acceptors (Lipinski definition) is 5. The maximum absolute atomic E-state index is 12.5. The Morgan fingerprint density at radius 3 is 3.00 bits per heavy atom. The number of nitrogens with zero attached hydrogens (tertiary/aromatic N) is 1. The monoisotopic (exact) mass is 338 g/mol. The van der Waals surface area contributed by atoms with Crippen molar-refractivity contribution in [3.05, 3.63) is 53.9 Å². The van der Waals surface area contributed by atoms with E-state index in [2.05, 4.69) is 10.3 Å². The van der Waals surface area contributed by atoms with Crippen molar-refractivity contribution in [1.82, 2.24) is 10.3 Å². The molecule has 0 fully saturated rings. The van der Waals surface area contributed by atoms with Crippen molar-refractivity contribution in [3.63, 3.8) is 0 Å². The highest BCUT2D eigenvalue weighted by Crippen LogP contribution is 2.36. The van der Waals surface area contributed by atoms with Crippen molar-refractivity contribution in [2.24, 2.45) is 5.92 Å². The summed E-state index contributed by atoms with van der Waals surface area (Å²) in [5, 5.41) is 2.88. The molecular weight excluding hydrogens is 320 g/mol. The first-order valence-electron chi connectivity index (χ1n) is 8.15. The van der Waals surface area contributed by atoms with Crippen molar-refractivity contribution in [3.8, 4) is 11.5 Å². The van der Waals surface area contributed by atoms with Gasteiger partial charge in [-0.1, -0.05) is 24.3 Å². The van der Waals surface area contributed by atoms with E-state index in [-0.39, 0.29) is 18.4 Å². The predicted molar refractivity (Wildman–Crippen MR) is 91.5 cm³/mol. The number of methoxy groups -OCH3 is 1. The van der Waals surface area contributed by atoms with E-state index in [0.717, 1.165) is 16.8 Å². The molecule has 2 aromatic carbocycles. The number of hydrogen-bond donors (Lipinski definition) is 1. The number of nitrogens with one attached hydrogen (secondary N) is 1. The van der Waals surface area contributed by atoms with E-state index in [1.165, 1.54) is 0 Å². The lowest BCUT2D eigenvalue weighted by Gasteiger charge is -2.25. The summed E-state index contributed by atoms with van der Waals surface area (Å²) in [4.78, 5) is 16.8. The number of benzene rings is 2. The van der Waals surface area contributed by atoms with E-state index < -0.39 is 0 Å². The van der Waals surface area contributed by atoms with Crippen molar-refractivity contribution < 1.29 is 18.7 Å². The molecule has 0 spiro atoms. The smallest absolute Gasteiger partial charge is 0.227 e. The molecule has 1 aliphatic heterocycles. The molecular formula is C19H18N2O4. The highest BCUT2D eigenvalue weighted by atomic mass is 16.5. The van der Waals surface area contributed by atoms with Crippen LogP contribution < -0.4 is 14.8 Å². The molecule has 6 nitrogen and oxygen atoms in total. The molecule has 1 aliphatic rings. The summed E-state index contributed by atoms with van der Waals surface area (Å²) in [6, 6.07) is 13.2. The van der Waals surface area contributed by atoms with Gasteiger partial charge in [-0.3, -0.25) is 4.79 Å². The average Bonchev–Trinajstić information content (AvgIpc) is 3.08. The van der Waals surface area contributed by atoms with E-state index in [1.807, 2.05) is 42.5 Å². The fourth-order valence-corrected chi connectivity index (χ4v) is 3.03. The third-order valence-electron chi connectivity index (χ3n) is 4.30. The van der Waals surface area contributed by atoms with E-state index in [4.69, 9.17) is 13.9 Å². The number of para-hydroxylation sites is 3. The third kappa shape index (κ3) is 3.03. The van der Waals surface area contributed by atoms with E-state index in [0.29, 0.717) is 30.3 Å². The zero-order valence-electron chi connectivity index (χ0n) is 13.8. The Bertz CT molecular complexity index is 886. The molecule has 1 N–H and O–H groups in total. The van der Waals surface area contributed by atoms with Crippen LogP contribution in [0.25, 0.3) is 11.1 Å². The number of rotatable bonds is 4. The molecule has 4 rings (SSSR count). The molecule has 1 atom stereocenters. The van der Waals surface area contributed by atoms with Crippen LogP contribution in [0.1, 0.15) is 11.5 Å². The zero-order valence-corrected chi connectivity index (χ0v) is 13.8. The lowest BCUT2D eigenvalue weighted by atomic mass is 9.95. The fraction of sp³-hybridized carbons (Fsp3) is 0.263. The van der Waals surface area contributed by atoms with Gasteiger partial charge in [-0.25, -0.2) is 4.98 Å². The third-order valence-corrected chi connectivity index (χ3v) is 4.30. The normalized spacial score (nSPS) is 16.1. The van der Waals surface area contributed by atoms with Crippen molar-refractivity contribution >= 4 is 17.0 Å². The summed E-state index contributed by atoms with van der Waals surface area (Å²) < 4.78 is 16.7. The summed E-state index contributed by atoms with van der Waals surface area (Å²) in [5.74, 6) is 1.60. The van der Waals surface area contributed by atoms with Gasteiger partial charge in [0.05, 0.1) is 19.6 Å². The number of aromatic nitrogens is 1. The summed E-state index contributed by atoms with van der Waals surface area (Å²) in [6.07, 6.45) is 0.617. The van der Waals surface area contributed by atoms with Gasteiger partial charge in [0.25, 0.3) is 0 Å². The Labute approximate surface area is 144 Å². The molecule has 0 radical (unpaired) electrons. The Morgan fingerprint density at radius 1 is 1.28 bits per heavy atom. The molecule has 128 valence electrons. The largest absolute Gasteiger partial charge is 0.493 e. The van der Waals surface area contributed by atoms with Gasteiger partial charge in [-0.2, -0.15) is 0 Å². The van der Waals surface area contributed by atoms with Crippen molar-refractivity contribution in [1.29, 1.82) is 0 Å². The number of ether oxygens (including phenoxy) is 2. The molecule has 6 heteroatoms. The average molecular weight is 338 g/mol. The summed E-state index contributed by atoms with van der Waals surface area (Å²) >= 11 is 0. The molecule has 1 amide bonds. The van der Waals surface area contributed by atoms with Crippen LogP contribution >= 0.6 is 0 Å². The van der Waals surface area contributed by atoms with Crippen LogP contribution in [0.15, 0.2) is 46.9 Å². The summed E-state index contributed by atoms with van der Waals surface area (Å²) in [7, 11) is 1.61. The second-order valence-corrected chi connectivity index (χ2v) is 5.95. The van der Waals surface area contributed by atoms with Crippen LogP contribution in [0.5, 0.6) is 11.5 Å². The molecule has 0 saturated heterocycles. The van der Waals surface area contributed by atoms with Crippen LogP contribution in [0.3, 0.4) is 0 Å². The van der Waals surface area contributed by atoms with Gasteiger partial charge < -0.3 is 19.2 Å². The van der Waals surface area contributed by atoms with Crippen LogP contribution in [0, 0.1) is 5.92 Å². The number of oxazole rings is 1. The first-order valence-corrected chi connectivity index (χ1v) is 8.15. The molecule has 0 bridgehead atoms. The van der Waals surface area contributed by atoms with Crippen LogP contribution in [-0.2, 0) is 17.8 Å². The van der Waals surface area contributed by atoms with Gasteiger partial charge in [0.1, 0.15) is 12.1 Å². The molecule has 25 heavy (non-hydrogen) atoms. The zero-order chi connectivity index (χ0) is 17.2. The second kappa shape index (κ2) is 6.47. The van der Waals surface area contributed by atoms with Gasteiger partial charge in [0, 0.05) is 0 Å². The Balaban J connectivity index is 1.41. The maximum atomic E-state index is 12.5. The van der Waals surface area contributed by atoms with E-state index in [9.17, 15) is 4.79 Å². The van der Waals surface area contributed by atoms with Crippen molar-refractivity contribution in [2.75, 3.05) is 13.7 Å². The number of fused-ring (bicyclic) bond motifs is 2. The minimum Gasteiger partial charge on any atom is -0.493 e. The van der Waals surface area contributed by atoms with Gasteiger partial charge in [0.15, 0.2) is 17.1 Å². The van der Waals surface area contributed by atoms with Gasteiger partial charge in [0.2, 0.25) is 11.8 Å². The van der Waals surface area contributed by atoms with Crippen LogP contribution in [-0.4, -0.2) is 24.6 Å². The molecule has 0 aliphatic carbocycles. The van der Waals surface area contributed by atoms with E-state index in [1.54, 1.807) is 7.11 Å². The first kappa shape index (κ1) is 15.5. The van der Waals surface area contributed by atoms with Crippen LogP contribution in [0.2, 0.25) is 0 Å². The van der Waals surface area contributed by atoms with Crippen molar-refractivity contribution in [2.45, 2.75) is 13.0 Å². The number of carbonyl (C=O) groups is 1. The quantitative estimate of drug-likeness (QED) is 0.792. The van der Waals surface area contributed by atoms with E-state index >= 15 is 0 Å². The minimum atomic E-state index is -0.246. The number of carbonyl (C=O) groups excluding carboxylic acids is 1. The molecule has 0 saturated carbocycles. The van der Waals surface area contributed by atoms with Crippen LogP contribution in [0.4, 0.5) is 0 Å². The maximum Gasteiger partial charge on any atom is 0.227 e. The van der Waals surface area contributed by atoms with Gasteiger partial charge in [-0.05, 0) is 30.2 Å². The molecule has 2 heterocycles. The fourth-order valence-electron chi connectivity index (χ4n) is 3.03. The minimum absolute atomic E-state index is 0.0734. The number of amides is 1. The van der Waals surface area contributed by atoms with Gasteiger partial charge >= 0.3 is 0 Å². The molecule has 3 aromatic rings. The Hall–Kier alpha value is -3.02. The lowest BCUT2D eigenvalue weighted by Crippen LogP contribution is -2.37. The lowest BCUT2D eigenvalue weighted by molar-refractivity contribution is -0.126. The standard InChI is InChI=1S/C19H18N2O4/c1-23-16-8-4-5-12-9-13(11-24-18(12)16)19(22)20-10-17-21-14-6-2-3-7-15(14)25-17/h2-8,13H,9-11H2,1H3,(H,20,22)/t13-/m1/s1. The summed E-state index contributed by atoms with van der Waals surface area (Å²) in [6.45, 7) is 0.585. The second-order valence-electron chi connectivity index (χ2n) is 5.95. The molecule has 0 unspecified atom stereocenters. The Morgan fingerprint density at radius 2 is 2.16 bits per heavy atom. The highest BCUT2D eigenvalue weighted by Gasteiger charge is 2.27. The topological polar surface area (TPSA) is 73.6 Å². The van der Waals surface area contributed by atoms with Gasteiger partial charge in [-0.15, -0.1) is 0 Å². The molecule has 1 aromatic heterocycles. The predicted octanol–water partition coefficient (Wildman–Crippen LogP) is 2.70. The SMILES string of the molecule is COc1cccc2c1OC[C@H](C(=O)NCc1nc3ccccc3o1)C2.